The highest BCUT2D eigenvalue weighted by Gasteiger charge is 2.38. The molecule has 0 spiro atoms. The van der Waals surface area contributed by atoms with Crippen LogP contribution in [0.1, 0.15) is 26.0 Å². The maximum Gasteiger partial charge on any atom is 0.236 e. The first-order valence-electron chi connectivity index (χ1n) is 6.09. The van der Waals surface area contributed by atoms with Crippen molar-refractivity contribution in [1.29, 1.82) is 0 Å². The van der Waals surface area contributed by atoms with E-state index in [1.54, 1.807) is 20.2 Å². The largest absolute Gasteiger partial charge is 0.409 e. The Hall–Kier alpha value is -2.11. The smallest absolute Gasteiger partial charge is 0.236 e. The first-order valence-corrected chi connectivity index (χ1v) is 6.09. The van der Waals surface area contributed by atoms with Crippen molar-refractivity contribution in [1.82, 2.24) is 9.88 Å². The third-order valence-electron chi connectivity index (χ3n) is 3.32. The third-order valence-corrected chi connectivity index (χ3v) is 3.32. The molecule has 0 saturated heterocycles. The number of oxime groups is 1. The molecular formula is C13H20N4O2. The van der Waals surface area contributed by atoms with Gasteiger partial charge in [-0.25, -0.2) is 0 Å². The molecule has 0 bridgehead atoms. The highest BCUT2D eigenvalue weighted by atomic mass is 16.4. The van der Waals surface area contributed by atoms with Gasteiger partial charge < -0.3 is 15.8 Å². The zero-order chi connectivity index (χ0) is 14.5. The fourth-order valence-corrected chi connectivity index (χ4v) is 1.78. The molecular weight excluding hydrogens is 244 g/mol. The Labute approximate surface area is 112 Å². The minimum atomic E-state index is -1.00. The topological polar surface area (TPSA) is 91.8 Å². The summed E-state index contributed by atoms with van der Waals surface area (Å²) in [6.45, 7) is 3.87. The van der Waals surface area contributed by atoms with Gasteiger partial charge in [0.1, 0.15) is 5.41 Å². The fraction of sp³-hybridized carbons (Fsp3) is 0.462. The van der Waals surface area contributed by atoms with Crippen LogP contribution < -0.4 is 5.73 Å². The number of pyridine rings is 1. The molecule has 1 heterocycles. The lowest BCUT2D eigenvalue weighted by Crippen LogP contribution is -2.48. The summed E-state index contributed by atoms with van der Waals surface area (Å²) < 4.78 is 0. The summed E-state index contributed by atoms with van der Waals surface area (Å²) in [5.74, 6) is -0.274. The van der Waals surface area contributed by atoms with Crippen molar-refractivity contribution >= 4 is 11.7 Å². The quantitative estimate of drug-likeness (QED) is 0.362. The Kier molecular flexibility index (Phi) is 4.86. The van der Waals surface area contributed by atoms with Gasteiger partial charge in [0.25, 0.3) is 0 Å². The zero-order valence-corrected chi connectivity index (χ0v) is 11.5. The summed E-state index contributed by atoms with van der Waals surface area (Å²) in [5.41, 5.74) is 5.42. The van der Waals surface area contributed by atoms with Crippen LogP contribution in [0, 0.1) is 5.41 Å². The average molecular weight is 264 g/mol. The van der Waals surface area contributed by atoms with Crippen LogP contribution in [-0.4, -0.2) is 33.9 Å². The molecule has 104 valence electrons. The number of amides is 1. The van der Waals surface area contributed by atoms with Gasteiger partial charge in [-0.05, 0) is 25.5 Å². The van der Waals surface area contributed by atoms with Gasteiger partial charge in [0.05, 0.1) is 12.2 Å². The molecule has 1 unspecified atom stereocenters. The molecule has 0 saturated carbocycles. The molecule has 19 heavy (non-hydrogen) atoms. The summed E-state index contributed by atoms with van der Waals surface area (Å²) >= 11 is 0. The minimum absolute atomic E-state index is 0.0760. The van der Waals surface area contributed by atoms with Crippen molar-refractivity contribution in [2.24, 2.45) is 16.3 Å². The monoisotopic (exact) mass is 264 g/mol. The van der Waals surface area contributed by atoms with Gasteiger partial charge in [0.2, 0.25) is 5.91 Å². The van der Waals surface area contributed by atoms with E-state index in [9.17, 15) is 4.79 Å². The maximum atomic E-state index is 12.4. The van der Waals surface area contributed by atoms with Crippen molar-refractivity contribution in [3.05, 3.63) is 30.1 Å². The van der Waals surface area contributed by atoms with Gasteiger partial charge in [0, 0.05) is 13.2 Å². The summed E-state index contributed by atoms with van der Waals surface area (Å²) in [4.78, 5) is 18.1. The van der Waals surface area contributed by atoms with Crippen LogP contribution in [0.2, 0.25) is 0 Å². The van der Waals surface area contributed by atoms with Crippen LogP contribution in [0.25, 0.3) is 0 Å². The number of hydrogen-bond acceptors (Lipinski definition) is 4. The number of rotatable bonds is 5. The van der Waals surface area contributed by atoms with Crippen LogP contribution in [0.5, 0.6) is 0 Å². The van der Waals surface area contributed by atoms with Crippen LogP contribution >= 0.6 is 0 Å². The Balaban J connectivity index is 2.87. The summed E-state index contributed by atoms with van der Waals surface area (Å²) in [7, 11) is 1.68. The van der Waals surface area contributed by atoms with E-state index in [1.807, 2.05) is 25.1 Å². The maximum absolute atomic E-state index is 12.4. The van der Waals surface area contributed by atoms with E-state index in [4.69, 9.17) is 10.9 Å². The molecule has 6 heteroatoms. The number of nitrogens with zero attached hydrogens (tertiary/aromatic N) is 3. The molecule has 0 aliphatic rings. The van der Waals surface area contributed by atoms with Crippen molar-refractivity contribution in [2.45, 2.75) is 26.8 Å². The van der Waals surface area contributed by atoms with E-state index in [1.165, 1.54) is 4.90 Å². The number of amidine groups is 1. The van der Waals surface area contributed by atoms with Crippen LogP contribution in [-0.2, 0) is 11.3 Å². The van der Waals surface area contributed by atoms with Crippen LogP contribution in [0.3, 0.4) is 0 Å². The lowest BCUT2D eigenvalue weighted by atomic mass is 9.84. The van der Waals surface area contributed by atoms with Gasteiger partial charge >= 0.3 is 0 Å². The summed E-state index contributed by atoms with van der Waals surface area (Å²) in [5, 5.41) is 11.8. The van der Waals surface area contributed by atoms with Gasteiger partial charge in [-0.15, -0.1) is 0 Å². The molecule has 1 aromatic heterocycles. The molecule has 0 aliphatic heterocycles. The van der Waals surface area contributed by atoms with E-state index in [2.05, 4.69) is 10.1 Å². The molecule has 6 nitrogen and oxygen atoms in total. The predicted molar refractivity (Wildman–Crippen MR) is 72.5 cm³/mol. The minimum Gasteiger partial charge on any atom is -0.409 e. The average Bonchev–Trinajstić information content (AvgIpc) is 2.45. The van der Waals surface area contributed by atoms with E-state index < -0.39 is 5.41 Å². The van der Waals surface area contributed by atoms with Crippen molar-refractivity contribution in [2.75, 3.05) is 7.05 Å². The summed E-state index contributed by atoms with van der Waals surface area (Å²) in [6, 6.07) is 5.53. The molecule has 1 atom stereocenters. The Bertz CT molecular complexity index is 461. The van der Waals surface area contributed by atoms with Gasteiger partial charge in [-0.1, -0.05) is 18.1 Å². The van der Waals surface area contributed by atoms with Gasteiger partial charge in [0.15, 0.2) is 5.84 Å². The van der Waals surface area contributed by atoms with Crippen molar-refractivity contribution in [3.63, 3.8) is 0 Å². The Morgan fingerprint density at radius 3 is 2.74 bits per heavy atom. The number of hydrogen-bond donors (Lipinski definition) is 2. The first kappa shape index (κ1) is 14.9. The molecule has 3 N–H and O–H groups in total. The number of nitrogens with two attached hydrogens (primary N) is 1. The second-order valence-corrected chi connectivity index (χ2v) is 4.65. The highest BCUT2D eigenvalue weighted by Crippen LogP contribution is 2.24. The Morgan fingerprint density at radius 1 is 1.58 bits per heavy atom. The van der Waals surface area contributed by atoms with Crippen molar-refractivity contribution < 1.29 is 10.0 Å². The van der Waals surface area contributed by atoms with Crippen LogP contribution in [0.4, 0.5) is 0 Å². The number of carbonyl (C=O) groups is 1. The lowest BCUT2D eigenvalue weighted by Gasteiger charge is -2.30. The summed E-state index contributed by atoms with van der Waals surface area (Å²) in [6.07, 6.45) is 2.13. The fourth-order valence-electron chi connectivity index (χ4n) is 1.78. The Morgan fingerprint density at radius 2 is 2.26 bits per heavy atom. The standard InChI is InChI=1S/C13H20N4O2/c1-4-13(2,11(14)16-19)12(18)17(3)9-10-7-5-6-8-15-10/h5-8,19H,4,9H2,1-3H3,(H2,14,16). The predicted octanol–water partition coefficient (Wildman–Crippen LogP) is 1.20. The molecule has 1 rings (SSSR count). The third kappa shape index (κ3) is 3.21. The van der Waals surface area contributed by atoms with E-state index in [0.717, 1.165) is 5.69 Å². The molecule has 0 aliphatic carbocycles. The van der Waals surface area contributed by atoms with Gasteiger partial charge in [-0.2, -0.15) is 0 Å². The SMILES string of the molecule is CCC(C)(C(=O)N(C)Cc1ccccn1)/C(N)=N/O. The number of carbonyl (C=O) groups excluding carboxylic acids is 1. The molecule has 0 radical (unpaired) electrons. The molecule has 0 fully saturated rings. The lowest BCUT2D eigenvalue weighted by molar-refractivity contribution is -0.137. The van der Waals surface area contributed by atoms with Crippen molar-refractivity contribution in [3.8, 4) is 0 Å². The molecule has 0 aromatic carbocycles. The normalized spacial score (nSPS) is 14.8. The number of aromatic nitrogens is 1. The second kappa shape index (κ2) is 6.17. The van der Waals surface area contributed by atoms with E-state index in [0.29, 0.717) is 13.0 Å². The van der Waals surface area contributed by atoms with E-state index >= 15 is 0 Å². The van der Waals surface area contributed by atoms with Gasteiger partial charge in [-0.3, -0.25) is 9.78 Å². The second-order valence-electron chi connectivity index (χ2n) is 4.65. The van der Waals surface area contributed by atoms with E-state index in [-0.39, 0.29) is 11.7 Å². The van der Waals surface area contributed by atoms with Crippen LogP contribution in [0.15, 0.2) is 29.6 Å². The molecule has 1 aromatic rings. The first-order chi connectivity index (χ1) is 8.95. The highest BCUT2D eigenvalue weighted by molar-refractivity contribution is 6.06. The molecule has 1 amide bonds. The zero-order valence-electron chi connectivity index (χ0n) is 11.5.